The summed E-state index contributed by atoms with van der Waals surface area (Å²) in [5, 5.41) is 22.4. The van der Waals surface area contributed by atoms with E-state index >= 15 is 0 Å². The summed E-state index contributed by atoms with van der Waals surface area (Å²) in [6.07, 6.45) is 0. The topological polar surface area (TPSA) is 144 Å². The van der Waals surface area contributed by atoms with Crippen LogP contribution in [0.25, 0.3) is 22.3 Å². The van der Waals surface area contributed by atoms with Crippen LogP contribution in [-0.2, 0) is 10.2 Å². The van der Waals surface area contributed by atoms with Gasteiger partial charge in [-0.3, -0.25) is 25.0 Å². The molecule has 5 aromatic rings. The quantitative estimate of drug-likeness (QED) is 0.0828. The molecule has 2 N–H and O–H groups in total. The Hall–Kier alpha value is -5.67. The number of rotatable bonds is 5. The van der Waals surface area contributed by atoms with Gasteiger partial charge in [-0.1, -0.05) is 142 Å². The van der Waals surface area contributed by atoms with E-state index in [1.807, 2.05) is 24.3 Å². The zero-order valence-corrected chi connectivity index (χ0v) is 26.5. The van der Waals surface area contributed by atoms with Gasteiger partial charge in [-0.2, -0.15) is 0 Å². The third-order valence-corrected chi connectivity index (χ3v) is 6.68. The Bertz CT molecular complexity index is 1570. The second-order valence-corrected chi connectivity index (χ2v) is 11.1. The van der Waals surface area contributed by atoms with Crippen molar-refractivity contribution in [2.24, 2.45) is 0 Å². The predicted molar refractivity (Wildman–Crippen MR) is 182 cm³/mol. The molecule has 9 heteroatoms. The van der Waals surface area contributed by atoms with Crippen LogP contribution < -0.4 is 4.74 Å². The second-order valence-electron chi connectivity index (χ2n) is 11.1. The molecule has 0 aliphatic heterocycles. The van der Waals surface area contributed by atoms with E-state index in [0.717, 1.165) is 6.92 Å². The lowest BCUT2D eigenvalue weighted by atomic mass is 9.84. The molecule has 0 aliphatic rings. The van der Waals surface area contributed by atoms with Gasteiger partial charge in [0.05, 0.1) is 9.85 Å². The van der Waals surface area contributed by atoms with Crippen molar-refractivity contribution >= 4 is 17.3 Å². The summed E-state index contributed by atoms with van der Waals surface area (Å²) in [6, 6.07) is 42.8. The molecule has 0 radical (unpaired) electrons. The van der Waals surface area contributed by atoms with Gasteiger partial charge in [-0.25, -0.2) is 0 Å². The molecular weight excluding hydrogens is 584 g/mol. The summed E-state index contributed by atoms with van der Waals surface area (Å²) < 4.78 is 4.98. The van der Waals surface area contributed by atoms with E-state index in [-0.39, 0.29) is 28.0 Å². The van der Waals surface area contributed by atoms with Crippen LogP contribution >= 0.6 is 0 Å². The number of esters is 1. The minimum Gasteiger partial charge on any atom is -0.419 e. The van der Waals surface area contributed by atoms with Gasteiger partial charge in [0.2, 0.25) is 5.75 Å². The summed E-state index contributed by atoms with van der Waals surface area (Å²) >= 11 is 0. The van der Waals surface area contributed by atoms with Gasteiger partial charge in [0.1, 0.15) is 5.56 Å². The molecule has 0 atom stereocenters. The number of nitro groups is 2. The standard InChI is InChI=1S/C13H16N2O6.2C12H10.H2O/c1-7-10(14(17)18)6-9(13(3,4)5)12(21-8(2)16)11(7)15(19)20;2*1-3-7-11(8-4-1)12-9-5-2-6-10-12;/h6H,1-5H3;2*1-10H;1H2. The van der Waals surface area contributed by atoms with Gasteiger partial charge in [0, 0.05) is 18.6 Å². The fourth-order valence-corrected chi connectivity index (χ4v) is 4.47. The molecular formula is C37H38N2O7. The highest BCUT2D eigenvalue weighted by molar-refractivity contribution is 5.75. The molecule has 0 aromatic heterocycles. The number of ether oxygens (including phenoxy) is 1. The average molecular weight is 623 g/mol. The van der Waals surface area contributed by atoms with E-state index in [1.54, 1.807) is 20.8 Å². The fourth-order valence-electron chi connectivity index (χ4n) is 4.47. The highest BCUT2D eigenvalue weighted by Crippen LogP contribution is 2.44. The Balaban J connectivity index is 0.000000251. The van der Waals surface area contributed by atoms with E-state index in [2.05, 4.69) is 97.1 Å². The molecule has 0 aliphatic carbocycles. The summed E-state index contributed by atoms with van der Waals surface area (Å²) in [4.78, 5) is 32.1. The summed E-state index contributed by atoms with van der Waals surface area (Å²) in [5.74, 6) is -0.958. The van der Waals surface area contributed by atoms with Crippen LogP contribution in [0.4, 0.5) is 11.4 Å². The minimum atomic E-state index is -0.768. The lowest BCUT2D eigenvalue weighted by molar-refractivity contribution is -0.395. The molecule has 0 spiro atoms. The number of benzene rings is 5. The van der Waals surface area contributed by atoms with Crippen LogP contribution in [-0.4, -0.2) is 21.3 Å². The molecule has 238 valence electrons. The SMILES string of the molecule is CC(=O)Oc1c(C(C)(C)C)cc([N+](=O)[O-])c(C)c1[N+](=O)[O-].O.c1ccc(-c2ccccc2)cc1.c1ccc(-c2ccccc2)cc1. The number of carbonyl (C=O) groups is 1. The molecule has 0 amide bonds. The number of carbonyl (C=O) groups excluding carboxylic acids is 1. The molecule has 0 bridgehead atoms. The monoisotopic (exact) mass is 622 g/mol. The van der Waals surface area contributed by atoms with Crippen LogP contribution in [0.1, 0.15) is 38.8 Å². The highest BCUT2D eigenvalue weighted by Gasteiger charge is 2.35. The van der Waals surface area contributed by atoms with Gasteiger partial charge in [-0.05, 0) is 34.6 Å². The predicted octanol–water partition coefficient (Wildman–Crippen LogP) is 8.92. The molecule has 0 heterocycles. The van der Waals surface area contributed by atoms with Crippen molar-refractivity contribution in [3.63, 3.8) is 0 Å². The van der Waals surface area contributed by atoms with Gasteiger partial charge in [0.25, 0.3) is 5.69 Å². The first-order valence-electron chi connectivity index (χ1n) is 14.3. The van der Waals surface area contributed by atoms with Crippen LogP contribution in [0.3, 0.4) is 0 Å². The van der Waals surface area contributed by atoms with Crippen molar-refractivity contribution in [3.8, 4) is 28.0 Å². The zero-order valence-electron chi connectivity index (χ0n) is 26.5. The van der Waals surface area contributed by atoms with Gasteiger partial charge >= 0.3 is 11.7 Å². The van der Waals surface area contributed by atoms with Crippen LogP contribution in [0.2, 0.25) is 0 Å². The lowest BCUT2D eigenvalue weighted by Gasteiger charge is -2.22. The third-order valence-electron chi connectivity index (χ3n) is 6.68. The lowest BCUT2D eigenvalue weighted by Crippen LogP contribution is -2.17. The molecule has 0 saturated carbocycles. The molecule has 0 unspecified atom stereocenters. The molecule has 46 heavy (non-hydrogen) atoms. The van der Waals surface area contributed by atoms with Crippen LogP contribution in [0.15, 0.2) is 127 Å². The first kappa shape index (κ1) is 36.5. The van der Waals surface area contributed by atoms with Gasteiger partial charge in [0.15, 0.2) is 0 Å². The van der Waals surface area contributed by atoms with E-state index in [1.165, 1.54) is 35.2 Å². The Kier molecular flexibility index (Phi) is 13.5. The zero-order chi connectivity index (χ0) is 33.0. The van der Waals surface area contributed by atoms with E-state index in [9.17, 15) is 25.0 Å². The number of nitrogens with zero attached hydrogens (tertiary/aromatic N) is 2. The van der Waals surface area contributed by atoms with E-state index < -0.39 is 26.9 Å². The van der Waals surface area contributed by atoms with Crippen LogP contribution in [0, 0.1) is 27.2 Å². The maximum atomic E-state index is 11.3. The first-order valence-corrected chi connectivity index (χ1v) is 14.3. The minimum absolute atomic E-state index is 0. The highest BCUT2D eigenvalue weighted by atomic mass is 16.6. The summed E-state index contributed by atoms with van der Waals surface area (Å²) in [5.41, 5.74) is 3.60. The largest absolute Gasteiger partial charge is 0.419 e. The fraction of sp³-hybridized carbons (Fsp3) is 0.162. The third kappa shape index (κ3) is 10.2. The van der Waals surface area contributed by atoms with Gasteiger partial charge < -0.3 is 10.2 Å². The van der Waals surface area contributed by atoms with E-state index in [0.29, 0.717) is 0 Å². The van der Waals surface area contributed by atoms with Crippen molar-refractivity contribution in [1.29, 1.82) is 0 Å². The maximum absolute atomic E-state index is 11.3. The van der Waals surface area contributed by atoms with E-state index in [4.69, 9.17) is 4.74 Å². The normalized spacial score (nSPS) is 10.1. The number of hydrogen-bond donors (Lipinski definition) is 0. The Morgan fingerprint density at radius 3 is 1.20 bits per heavy atom. The van der Waals surface area contributed by atoms with Gasteiger partial charge in [-0.15, -0.1) is 0 Å². The Morgan fingerprint density at radius 2 is 0.957 bits per heavy atom. The molecule has 0 saturated heterocycles. The number of nitro benzene ring substituents is 2. The average Bonchev–Trinajstić information content (AvgIpc) is 3.02. The van der Waals surface area contributed by atoms with Crippen molar-refractivity contribution in [2.75, 3.05) is 0 Å². The first-order chi connectivity index (χ1) is 21.4. The second kappa shape index (κ2) is 17.0. The summed E-state index contributed by atoms with van der Waals surface area (Å²) in [7, 11) is 0. The van der Waals surface area contributed by atoms with Crippen molar-refractivity contribution < 1.29 is 24.9 Å². The molecule has 9 nitrogen and oxygen atoms in total. The van der Waals surface area contributed by atoms with Crippen molar-refractivity contribution in [2.45, 2.75) is 40.0 Å². The Morgan fingerprint density at radius 1 is 0.630 bits per heavy atom. The van der Waals surface area contributed by atoms with Crippen molar-refractivity contribution in [1.82, 2.24) is 0 Å². The molecule has 0 fully saturated rings. The Labute approximate surface area is 268 Å². The molecule has 5 rings (SSSR count). The smallest absolute Gasteiger partial charge is 0.321 e. The summed E-state index contributed by atoms with van der Waals surface area (Å²) in [6.45, 7) is 7.54. The molecule has 5 aromatic carbocycles. The van der Waals surface area contributed by atoms with Crippen LogP contribution in [0.5, 0.6) is 5.75 Å². The number of hydrogen-bond acceptors (Lipinski definition) is 6. The maximum Gasteiger partial charge on any atom is 0.321 e. The van der Waals surface area contributed by atoms with Crippen molar-refractivity contribution in [3.05, 3.63) is 159 Å².